The molecule has 31 heavy (non-hydrogen) atoms. The Balaban J connectivity index is 1.87. The van der Waals surface area contributed by atoms with E-state index >= 15 is 0 Å². The minimum absolute atomic E-state index is 0.0151. The number of rotatable bonds is 8. The third kappa shape index (κ3) is 7.57. The van der Waals surface area contributed by atoms with E-state index in [9.17, 15) is 19.2 Å². The summed E-state index contributed by atoms with van der Waals surface area (Å²) in [4.78, 5) is 50.6. The average Bonchev–Trinajstić information content (AvgIpc) is 2.63. The number of imide groups is 1. The largest absolute Gasteiger partial charge is 0.373 e. The third-order valence-corrected chi connectivity index (χ3v) is 5.74. The number of morpholine rings is 1. The molecule has 2 fully saturated rings. The normalized spacial score (nSPS) is 24.6. The number of nitrogens with one attached hydrogen (secondary N) is 3. The van der Waals surface area contributed by atoms with E-state index in [1.165, 1.54) is 0 Å². The molecule has 9 nitrogen and oxygen atoms in total. The van der Waals surface area contributed by atoms with Gasteiger partial charge < -0.3 is 15.4 Å². The Hall–Kier alpha value is -2.00. The quantitative estimate of drug-likeness (QED) is 0.473. The van der Waals surface area contributed by atoms with Gasteiger partial charge in [0.25, 0.3) is 0 Å². The molecule has 0 aromatic rings. The first-order valence-electron chi connectivity index (χ1n) is 11.2. The van der Waals surface area contributed by atoms with Crippen molar-refractivity contribution in [3.63, 3.8) is 0 Å². The summed E-state index contributed by atoms with van der Waals surface area (Å²) >= 11 is 0. The zero-order chi connectivity index (χ0) is 23.3. The lowest BCUT2D eigenvalue weighted by molar-refractivity contribution is -0.140. The molecule has 0 aromatic heterocycles. The zero-order valence-electron chi connectivity index (χ0n) is 19.6. The van der Waals surface area contributed by atoms with Gasteiger partial charge in [-0.15, -0.1) is 0 Å². The van der Waals surface area contributed by atoms with E-state index in [0.717, 1.165) is 0 Å². The van der Waals surface area contributed by atoms with Gasteiger partial charge in [-0.2, -0.15) is 0 Å². The maximum atomic E-state index is 13.0. The van der Waals surface area contributed by atoms with Crippen LogP contribution in [0.1, 0.15) is 54.4 Å². The second-order valence-corrected chi connectivity index (χ2v) is 10.1. The molecule has 2 aliphatic heterocycles. The van der Waals surface area contributed by atoms with Gasteiger partial charge in [0.2, 0.25) is 23.6 Å². The molecular formula is C22H38N4O5. The van der Waals surface area contributed by atoms with Crippen LogP contribution in [0.4, 0.5) is 0 Å². The molecule has 2 heterocycles. The molecule has 2 rings (SSSR count). The summed E-state index contributed by atoms with van der Waals surface area (Å²) in [5.74, 6) is -1.66. The van der Waals surface area contributed by atoms with Gasteiger partial charge in [-0.3, -0.25) is 29.4 Å². The molecule has 0 aromatic carbocycles. The van der Waals surface area contributed by atoms with Gasteiger partial charge >= 0.3 is 0 Å². The Labute approximate surface area is 185 Å². The number of piperidine rings is 1. The van der Waals surface area contributed by atoms with Crippen LogP contribution in [-0.4, -0.2) is 73.0 Å². The SMILES string of the molecule is CC1CN(C(C(=O)NCC(C)(C)CNC(=O)C2CC(=O)NC(=O)C2)C(C)C)CC(C)O1. The molecule has 176 valence electrons. The van der Waals surface area contributed by atoms with Gasteiger partial charge in [0.15, 0.2) is 0 Å². The van der Waals surface area contributed by atoms with E-state index < -0.39 is 17.7 Å². The highest BCUT2D eigenvalue weighted by Gasteiger charge is 2.35. The molecule has 0 bridgehead atoms. The van der Waals surface area contributed by atoms with E-state index in [4.69, 9.17) is 4.74 Å². The minimum atomic E-state index is -0.637. The number of amides is 4. The van der Waals surface area contributed by atoms with Crippen LogP contribution < -0.4 is 16.0 Å². The molecule has 9 heteroatoms. The summed E-state index contributed by atoms with van der Waals surface area (Å²) in [5.41, 5.74) is -0.390. The van der Waals surface area contributed by atoms with Gasteiger partial charge in [0, 0.05) is 39.0 Å². The molecule has 0 saturated carbocycles. The first-order valence-corrected chi connectivity index (χ1v) is 11.2. The van der Waals surface area contributed by atoms with Crippen molar-refractivity contribution in [2.24, 2.45) is 17.3 Å². The second-order valence-electron chi connectivity index (χ2n) is 10.1. The summed E-state index contributed by atoms with van der Waals surface area (Å²) in [7, 11) is 0. The van der Waals surface area contributed by atoms with Crippen molar-refractivity contribution in [1.29, 1.82) is 0 Å². The summed E-state index contributed by atoms with van der Waals surface area (Å²) in [6.45, 7) is 14.2. The van der Waals surface area contributed by atoms with Crippen LogP contribution in [-0.2, 0) is 23.9 Å². The van der Waals surface area contributed by atoms with Gasteiger partial charge in [0.1, 0.15) is 0 Å². The molecule has 0 radical (unpaired) electrons. The summed E-state index contributed by atoms with van der Waals surface area (Å²) in [6, 6.07) is -0.244. The van der Waals surface area contributed by atoms with Crippen molar-refractivity contribution >= 4 is 23.6 Å². The smallest absolute Gasteiger partial charge is 0.237 e. The van der Waals surface area contributed by atoms with E-state index in [2.05, 4.69) is 20.9 Å². The van der Waals surface area contributed by atoms with Crippen LogP contribution >= 0.6 is 0 Å². The topological polar surface area (TPSA) is 117 Å². The van der Waals surface area contributed by atoms with Crippen molar-refractivity contribution in [1.82, 2.24) is 20.9 Å². The monoisotopic (exact) mass is 438 g/mol. The number of nitrogens with zero attached hydrogens (tertiary/aromatic N) is 1. The molecule has 3 unspecified atom stereocenters. The fourth-order valence-electron chi connectivity index (χ4n) is 4.26. The summed E-state index contributed by atoms with van der Waals surface area (Å²) < 4.78 is 5.80. The van der Waals surface area contributed by atoms with Crippen molar-refractivity contribution < 1.29 is 23.9 Å². The van der Waals surface area contributed by atoms with Crippen LogP contribution in [0.2, 0.25) is 0 Å². The average molecular weight is 439 g/mol. The molecule has 0 aliphatic carbocycles. The number of hydrogen-bond donors (Lipinski definition) is 3. The molecular weight excluding hydrogens is 400 g/mol. The molecule has 3 N–H and O–H groups in total. The molecule has 0 spiro atoms. The lowest BCUT2D eigenvalue weighted by Gasteiger charge is -2.41. The van der Waals surface area contributed by atoms with Gasteiger partial charge in [0.05, 0.1) is 24.2 Å². The minimum Gasteiger partial charge on any atom is -0.373 e. The van der Waals surface area contributed by atoms with Crippen LogP contribution in [0, 0.1) is 17.3 Å². The Morgan fingerprint density at radius 2 is 1.58 bits per heavy atom. The van der Waals surface area contributed by atoms with Crippen LogP contribution in [0.5, 0.6) is 0 Å². The maximum absolute atomic E-state index is 13.0. The highest BCUT2D eigenvalue weighted by Crippen LogP contribution is 2.20. The predicted molar refractivity (Wildman–Crippen MR) is 116 cm³/mol. The molecule has 2 saturated heterocycles. The first kappa shape index (κ1) is 25.3. The number of ether oxygens (including phenoxy) is 1. The predicted octanol–water partition coefficient (Wildman–Crippen LogP) is 0.432. The fourth-order valence-corrected chi connectivity index (χ4v) is 4.26. The van der Waals surface area contributed by atoms with Crippen molar-refractivity contribution in [2.75, 3.05) is 26.2 Å². The van der Waals surface area contributed by atoms with Crippen molar-refractivity contribution in [3.05, 3.63) is 0 Å². The number of carbonyl (C=O) groups is 4. The standard InChI is InChI=1S/C22H38N4O5/c1-13(2)19(26-9-14(3)31-15(4)10-26)21(30)24-12-22(5,6)11-23-20(29)16-7-17(27)25-18(28)8-16/h13-16,19H,7-12H2,1-6H3,(H,23,29)(H,24,30)(H,25,27,28). The molecule has 2 aliphatic rings. The van der Waals surface area contributed by atoms with Crippen LogP contribution in [0.15, 0.2) is 0 Å². The lowest BCUT2D eigenvalue weighted by atomic mass is 9.91. The van der Waals surface area contributed by atoms with Crippen LogP contribution in [0.25, 0.3) is 0 Å². The molecule has 3 atom stereocenters. The Bertz CT molecular complexity index is 667. The van der Waals surface area contributed by atoms with Gasteiger partial charge in [-0.1, -0.05) is 27.7 Å². The van der Waals surface area contributed by atoms with E-state index in [0.29, 0.717) is 26.2 Å². The highest BCUT2D eigenvalue weighted by atomic mass is 16.5. The lowest BCUT2D eigenvalue weighted by Crippen LogP contribution is -2.58. The summed E-state index contributed by atoms with van der Waals surface area (Å²) in [6.07, 6.45) is 0.194. The highest BCUT2D eigenvalue weighted by molar-refractivity contribution is 6.02. The van der Waals surface area contributed by atoms with Crippen molar-refractivity contribution in [2.45, 2.75) is 72.6 Å². The zero-order valence-corrected chi connectivity index (χ0v) is 19.6. The Morgan fingerprint density at radius 3 is 2.10 bits per heavy atom. The van der Waals surface area contributed by atoms with Gasteiger partial charge in [-0.25, -0.2) is 0 Å². The van der Waals surface area contributed by atoms with E-state index in [1.54, 1.807) is 0 Å². The summed E-state index contributed by atoms with van der Waals surface area (Å²) in [5, 5.41) is 8.10. The second kappa shape index (κ2) is 10.5. The van der Waals surface area contributed by atoms with Gasteiger partial charge in [-0.05, 0) is 25.2 Å². The van der Waals surface area contributed by atoms with Crippen molar-refractivity contribution in [3.8, 4) is 0 Å². The Kier molecular flexibility index (Phi) is 8.59. The van der Waals surface area contributed by atoms with E-state index in [-0.39, 0.29) is 54.2 Å². The Morgan fingerprint density at radius 1 is 1.06 bits per heavy atom. The maximum Gasteiger partial charge on any atom is 0.237 e. The van der Waals surface area contributed by atoms with E-state index in [1.807, 2.05) is 41.5 Å². The fraction of sp³-hybridized carbons (Fsp3) is 0.818. The number of carbonyl (C=O) groups excluding carboxylic acids is 4. The third-order valence-electron chi connectivity index (χ3n) is 5.74. The van der Waals surface area contributed by atoms with Crippen LogP contribution in [0.3, 0.4) is 0 Å². The first-order chi connectivity index (χ1) is 14.4. The molecule has 4 amide bonds. The number of hydrogen-bond acceptors (Lipinski definition) is 6.